The average Bonchev–Trinajstić information content (AvgIpc) is 3.09. The molecule has 0 amide bonds. The SMILES string of the molecule is COc1ccc([N+](=O)[O-])cc1OCc1nnc(-c2ccc(Cl)cc2)o1. The molecular weight excluding hydrogens is 350 g/mol. The number of ether oxygens (including phenoxy) is 2. The molecule has 128 valence electrons. The van der Waals surface area contributed by atoms with Crippen LogP contribution in [-0.4, -0.2) is 22.2 Å². The second-order valence-electron chi connectivity index (χ2n) is 4.89. The number of halogens is 1. The highest BCUT2D eigenvalue weighted by molar-refractivity contribution is 6.30. The van der Waals surface area contributed by atoms with Crippen LogP contribution < -0.4 is 9.47 Å². The Morgan fingerprint density at radius 3 is 2.60 bits per heavy atom. The Morgan fingerprint density at radius 2 is 1.92 bits per heavy atom. The lowest BCUT2D eigenvalue weighted by Gasteiger charge is -2.08. The summed E-state index contributed by atoms with van der Waals surface area (Å²) in [7, 11) is 1.44. The van der Waals surface area contributed by atoms with Crippen molar-refractivity contribution in [1.82, 2.24) is 10.2 Å². The van der Waals surface area contributed by atoms with Crippen LogP contribution in [0.4, 0.5) is 5.69 Å². The van der Waals surface area contributed by atoms with Gasteiger partial charge in [0.25, 0.3) is 11.6 Å². The fourth-order valence-electron chi connectivity index (χ4n) is 2.05. The summed E-state index contributed by atoms with van der Waals surface area (Å²) in [5, 5.41) is 19.3. The smallest absolute Gasteiger partial charge is 0.273 e. The normalized spacial score (nSPS) is 10.5. The van der Waals surface area contributed by atoms with Gasteiger partial charge in [0.15, 0.2) is 18.1 Å². The number of methoxy groups -OCH3 is 1. The van der Waals surface area contributed by atoms with Crippen LogP contribution in [0.3, 0.4) is 0 Å². The molecular formula is C16H12ClN3O5. The first kappa shape index (κ1) is 16.7. The molecule has 1 heterocycles. The first-order valence-electron chi connectivity index (χ1n) is 7.10. The lowest BCUT2D eigenvalue weighted by atomic mass is 10.2. The third-order valence-corrected chi connectivity index (χ3v) is 3.52. The van der Waals surface area contributed by atoms with Crippen molar-refractivity contribution in [2.75, 3.05) is 7.11 Å². The van der Waals surface area contributed by atoms with Crippen molar-refractivity contribution in [3.63, 3.8) is 0 Å². The summed E-state index contributed by atoms with van der Waals surface area (Å²) in [5.41, 5.74) is 0.610. The van der Waals surface area contributed by atoms with Gasteiger partial charge in [0.2, 0.25) is 5.89 Å². The first-order valence-corrected chi connectivity index (χ1v) is 7.48. The second kappa shape index (κ2) is 7.18. The van der Waals surface area contributed by atoms with Gasteiger partial charge in [0.05, 0.1) is 18.1 Å². The number of hydrogen-bond donors (Lipinski definition) is 0. The number of benzene rings is 2. The van der Waals surface area contributed by atoms with E-state index in [1.165, 1.54) is 25.3 Å². The summed E-state index contributed by atoms with van der Waals surface area (Å²) in [5.74, 6) is 1.12. The standard InChI is InChI=1S/C16H12ClN3O5/c1-23-13-7-6-12(20(21)22)8-14(13)24-9-15-18-19-16(25-15)10-2-4-11(17)5-3-10/h2-8H,9H2,1H3. The van der Waals surface area contributed by atoms with Gasteiger partial charge in [-0.1, -0.05) is 11.6 Å². The largest absolute Gasteiger partial charge is 0.493 e. The summed E-state index contributed by atoms with van der Waals surface area (Å²) in [6.45, 7) is -0.0574. The van der Waals surface area contributed by atoms with Crippen molar-refractivity contribution in [2.45, 2.75) is 6.61 Å². The predicted molar refractivity (Wildman–Crippen MR) is 88.7 cm³/mol. The zero-order chi connectivity index (χ0) is 17.8. The summed E-state index contributed by atoms with van der Waals surface area (Å²) in [6.07, 6.45) is 0. The van der Waals surface area contributed by atoms with Crippen molar-refractivity contribution in [2.24, 2.45) is 0 Å². The number of hydrogen-bond acceptors (Lipinski definition) is 7. The van der Waals surface area contributed by atoms with Crippen molar-refractivity contribution in [1.29, 1.82) is 0 Å². The van der Waals surface area contributed by atoms with E-state index in [2.05, 4.69) is 10.2 Å². The van der Waals surface area contributed by atoms with E-state index >= 15 is 0 Å². The highest BCUT2D eigenvalue weighted by Gasteiger charge is 2.14. The van der Waals surface area contributed by atoms with E-state index in [0.29, 0.717) is 16.7 Å². The summed E-state index contributed by atoms with van der Waals surface area (Å²) in [4.78, 5) is 10.4. The number of nitrogens with zero attached hydrogens (tertiary/aromatic N) is 3. The van der Waals surface area contributed by atoms with E-state index in [0.717, 1.165) is 5.56 Å². The summed E-state index contributed by atoms with van der Waals surface area (Å²) in [6, 6.07) is 11.0. The number of nitro benzene ring substituents is 1. The van der Waals surface area contributed by atoms with Crippen molar-refractivity contribution in [3.05, 3.63) is 63.5 Å². The zero-order valence-electron chi connectivity index (χ0n) is 13.0. The highest BCUT2D eigenvalue weighted by Crippen LogP contribution is 2.31. The first-order chi connectivity index (χ1) is 12.1. The molecule has 0 N–H and O–H groups in total. The van der Waals surface area contributed by atoms with E-state index in [1.54, 1.807) is 24.3 Å². The maximum atomic E-state index is 10.9. The summed E-state index contributed by atoms with van der Waals surface area (Å²) >= 11 is 5.84. The Bertz CT molecular complexity index is 895. The van der Waals surface area contributed by atoms with Gasteiger partial charge in [0.1, 0.15) is 0 Å². The van der Waals surface area contributed by atoms with Crippen LogP contribution in [0.5, 0.6) is 11.5 Å². The lowest BCUT2D eigenvalue weighted by Crippen LogP contribution is -1.99. The fraction of sp³-hybridized carbons (Fsp3) is 0.125. The van der Waals surface area contributed by atoms with Gasteiger partial charge >= 0.3 is 0 Å². The third-order valence-electron chi connectivity index (χ3n) is 3.27. The maximum absolute atomic E-state index is 10.9. The van der Waals surface area contributed by atoms with Gasteiger partial charge in [0, 0.05) is 16.7 Å². The second-order valence-corrected chi connectivity index (χ2v) is 5.33. The molecule has 1 aromatic heterocycles. The van der Waals surface area contributed by atoms with Crippen LogP contribution in [0, 0.1) is 10.1 Å². The Labute approximate surface area is 147 Å². The van der Waals surface area contributed by atoms with Gasteiger partial charge in [-0.2, -0.15) is 0 Å². The topological polar surface area (TPSA) is 101 Å². The molecule has 0 aliphatic carbocycles. The molecule has 0 atom stereocenters. The minimum Gasteiger partial charge on any atom is -0.493 e. The van der Waals surface area contributed by atoms with Crippen LogP contribution in [0.25, 0.3) is 11.5 Å². The van der Waals surface area contributed by atoms with Crippen LogP contribution >= 0.6 is 11.6 Å². The molecule has 0 aliphatic rings. The average molecular weight is 362 g/mol. The van der Waals surface area contributed by atoms with E-state index in [-0.39, 0.29) is 23.9 Å². The molecule has 0 bridgehead atoms. The van der Waals surface area contributed by atoms with Gasteiger partial charge in [-0.05, 0) is 30.3 Å². The van der Waals surface area contributed by atoms with Gasteiger partial charge < -0.3 is 13.9 Å². The summed E-state index contributed by atoms with van der Waals surface area (Å²) < 4.78 is 16.2. The Morgan fingerprint density at radius 1 is 1.16 bits per heavy atom. The molecule has 2 aromatic carbocycles. The van der Waals surface area contributed by atoms with E-state index in [4.69, 9.17) is 25.5 Å². The van der Waals surface area contributed by atoms with Crippen LogP contribution in [0.2, 0.25) is 5.02 Å². The number of aromatic nitrogens is 2. The van der Waals surface area contributed by atoms with Gasteiger partial charge in [-0.15, -0.1) is 10.2 Å². The van der Waals surface area contributed by atoms with Crippen molar-refractivity contribution >= 4 is 17.3 Å². The molecule has 9 heteroatoms. The molecule has 0 unspecified atom stereocenters. The van der Waals surface area contributed by atoms with Crippen LogP contribution in [0.15, 0.2) is 46.9 Å². The molecule has 0 saturated heterocycles. The van der Waals surface area contributed by atoms with Gasteiger partial charge in [-0.25, -0.2) is 0 Å². The third kappa shape index (κ3) is 3.86. The van der Waals surface area contributed by atoms with E-state index in [1.807, 2.05) is 0 Å². The van der Waals surface area contributed by atoms with E-state index in [9.17, 15) is 10.1 Å². The predicted octanol–water partition coefficient (Wildman–Crippen LogP) is 3.89. The molecule has 0 fully saturated rings. The molecule has 25 heavy (non-hydrogen) atoms. The molecule has 3 rings (SSSR count). The maximum Gasteiger partial charge on any atom is 0.273 e. The number of rotatable bonds is 6. The van der Waals surface area contributed by atoms with Crippen molar-refractivity contribution in [3.8, 4) is 23.0 Å². The molecule has 0 radical (unpaired) electrons. The molecule has 3 aromatic rings. The Balaban J connectivity index is 1.75. The number of nitro groups is 1. The van der Waals surface area contributed by atoms with Crippen LogP contribution in [-0.2, 0) is 6.61 Å². The monoisotopic (exact) mass is 361 g/mol. The van der Waals surface area contributed by atoms with Crippen LogP contribution in [0.1, 0.15) is 5.89 Å². The zero-order valence-corrected chi connectivity index (χ0v) is 13.8. The minimum absolute atomic E-state index is 0.0574. The highest BCUT2D eigenvalue weighted by atomic mass is 35.5. The minimum atomic E-state index is -0.516. The molecule has 0 aliphatic heterocycles. The molecule has 0 spiro atoms. The van der Waals surface area contributed by atoms with Gasteiger partial charge in [-0.3, -0.25) is 10.1 Å². The Hall–Kier alpha value is -3.13. The van der Waals surface area contributed by atoms with E-state index < -0.39 is 4.92 Å². The fourth-order valence-corrected chi connectivity index (χ4v) is 2.18. The quantitative estimate of drug-likeness (QED) is 0.485. The van der Waals surface area contributed by atoms with Crippen molar-refractivity contribution < 1.29 is 18.8 Å². The Kier molecular flexibility index (Phi) is 4.80. The molecule has 8 nitrogen and oxygen atoms in total. The molecule has 0 saturated carbocycles. The lowest BCUT2D eigenvalue weighted by molar-refractivity contribution is -0.385. The number of non-ortho nitro benzene ring substituents is 1.